The normalized spacial score (nSPS) is 13.3. The number of ether oxygens (including phenoxy) is 1. The Labute approximate surface area is 385 Å². The molecule has 8 rings (SSSR count). The van der Waals surface area contributed by atoms with Crippen molar-refractivity contribution >= 4 is 24.0 Å². The highest BCUT2D eigenvalue weighted by Gasteiger charge is 2.25. The van der Waals surface area contributed by atoms with Gasteiger partial charge in [-0.2, -0.15) is 19.9 Å². The first-order valence-electron chi connectivity index (χ1n) is 21.9. The summed E-state index contributed by atoms with van der Waals surface area (Å²) in [6.07, 6.45) is 3.00. The van der Waals surface area contributed by atoms with Gasteiger partial charge in [-0.1, -0.05) is 109 Å². The Morgan fingerprint density at radius 3 is 1.30 bits per heavy atom. The molecule has 2 saturated heterocycles. The summed E-state index contributed by atoms with van der Waals surface area (Å²) in [7, 11) is 1.65. The molecule has 0 spiro atoms. The number of methoxy groups -OCH3 is 1. The highest BCUT2D eigenvalue weighted by atomic mass is 16.5. The van der Waals surface area contributed by atoms with Crippen LogP contribution in [0, 0.1) is 13.8 Å². The number of hydrogen-bond donors (Lipinski definition) is 5. The molecule has 0 radical (unpaired) electrons. The van der Waals surface area contributed by atoms with Gasteiger partial charge >= 0.3 is 12.1 Å². The van der Waals surface area contributed by atoms with Crippen LogP contribution < -0.4 is 31.7 Å². The number of nitrogens with two attached hydrogens (primary N) is 1. The van der Waals surface area contributed by atoms with Crippen LogP contribution in [-0.4, -0.2) is 72.0 Å². The Balaban J connectivity index is 0.000000196. The van der Waals surface area contributed by atoms with Crippen LogP contribution in [0.5, 0.6) is 5.75 Å². The molecule has 0 atom stereocenters. The predicted molar refractivity (Wildman–Crippen MR) is 255 cm³/mol. The first-order valence-corrected chi connectivity index (χ1v) is 21.9. The molecule has 0 saturated carbocycles. The number of carbonyl (C=O) groups is 2. The van der Waals surface area contributed by atoms with E-state index in [4.69, 9.17) is 10.5 Å². The molecule has 0 aliphatic carbocycles. The van der Waals surface area contributed by atoms with Crippen molar-refractivity contribution in [2.45, 2.75) is 72.3 Å². The number of aryl methyl sites for hydroxylation is 6. The van der Waals surface area contributed by atoms with Crippen LogP contribution in [0.15, 0.2) is 122 Å². The largest absolute Gasteiger partial charge is 0.497 e. The lowest BCUT2D eigenvalue weighted by Crippen LogP contribution is -2.28. The maximum atomic E-state index is 12.1. The van der Waals surface area contributed by atoms with Crippen molar-refractivity contribution in [2.24, 2.45) is 5.73 Å². The molecule has 16 heteroatoms. The minimum Gasteiger partial charge on any atom is -0.497 e. The molecule has 2 fully saturated rings. The molecular weight excluding hydrogens is 831 g/mol. The number of nitrogens with zero attached hydrogens (tertiary/aromatic N) is 8. The van der Waals surface area contributed by atoms with Gasteiger partial charge < -0.3 is 41.5 Å². The van der Waals surface area contributed by atoms with Gasteiger partial charge in [0.2, 0.25) is 11.9 Å². The van der Waals surface area contributed by atoms with E-state index in [1.165, 1.54) is 22.3 Å². The average Bonchev–Trinajstić information content (AvgIpc) is 3.82. The van der Waals surface area contributed by atoms with E-state index in [-0.39, 0.29) is 12.1 Å². The third-order valence-electron chi connectivity index (χ3n) is 10.9. The maximum absolute atomic E-state index is 12.1. The van der Waals surface area contributed by atoms with Crippen LogP contribution in [0.25, 0.3) is 0 Å². The van der Waals surface area contributed by atoms with Gasteiger partial charge in [-0.3, -0.25) is 0 Å². The lowest BCUT2D eigenvalue weighted by Gasteiger charge is -2.14. The van der Waals surface area contributed by atoms with Crippen LogP contribution in [-0.2, 0) is 58.4 Å². The maximum Gasteiger partial charge on any atom is 0.322 e. The lowest BCUT2D eigenvalue weighted by atomic mass is 10.1. The fourth-order valence-electron chi connectivity index (χ4n) is 7.12. The fourth-order valence-corrected chi connectivity index (χ4v) is 7.12. The number of carbonyl (C=O) groups excluding carboxylic acids is 2. The summed E-state index contributed by atoms with van der Waals surface area (Å²) in [5.74, 6) is 4.29. The van der Waals surface area contributed by atoms with Gasteiger partial charge in [0.15, 0.2) is 11.6 Å². The summed E-state index contributed by atoms with van der Waals surface area (Å²) in [6, 6.07) is 32.5. The second-order valence-corrected chi connectivity index (χ2v) is 16.3. The monoisotopic (exact) mass is 887 g/mol. The second-order valence-electron chi connectivity index (χ2n) is 16.3. The molecule has 340 valence electrons. The van der Waals surface area contributed by atoms with Gasteiger partial charge in [0.05, 0.1) is 33.3 Å². The van der Waals surface area contributed by atoms with E-state index in [0.717, 1.165) is 35.3 Å². The Morgan fingerprint density at radius 2 is 0.924 bits per heavy atom. The average molecular weight is 888 g/mol. The molecule has 0 unspecified atom stereocenters. The summed E-state index contributed by atoms with van der Waals surface area (Å²) in [5.41, 5.74) is 15.2. The zero-order chi connectivity index (χ0) is 46.4. The number of anilines is 2. The quantitative estimate of drug-likeness (QED) is 0.0613. The van der Waals surface area contributed by atoms with Crippen LogP contribution >= 0.6 is 0 Å². The standard InChI is InChI=1S/C25H29N7O.C25H28N6O2/c1-17-3-5-19(6-4-17)11-12-22-29-23(16-32-15-18(2)28-25(32)33)31-24(30-22)27-14-21-9-7-20(13-26)8-10-21;1-17-4-6-19(7-5-17)10-13-22-28-23(16-31-15-18(2)27-25(31)32)30-24(29-22)26-14-20-8-11-21(33-3)12-9-20/h3-10H,2,11-16,26H2,1H3,(H,28,33)(H,27,29,30,31);4-9,11-12H,2,10,13-16H2,1,3H3,(H,27,32)(H,26,28,29,30). The van der Waals surface area contributed by atoms with Crippen molar-refractivity contribution in [3.05, 3.63) is 184 Å². The molecule has 2 aromatic heterocycles. The molecule has 66 heavy (non-hydrogen) atoms. The van der Waals surface area contributed by atoms with Gasteiger partial charge in [0.1, 0.15) is 17.4 Å². The van der Waals surface area contributed by atoms with Crippen molar-refractivity contribution in [1.82, 2.24) is 50.3 Å². The van der Waals surface area contributed by atoms with E-state index < -0.39 is 0 Å². The molecule has 6 aromatic rings. The number of urea groups is 2. The first-order chi connectivity index (χ1) is 32.0. The van der Waals surface area contributed by atoms with Gasteiger partial charge in [-0.25, -0.2) is 19.6 Å². The van der Waals surface area contributed by atoms with E-state index in [1.54, 1.807) is 16.9 Å². The zero-order valence-corrected chi connectivity index (χ0v) is 37.8. The van der Waals surface area contributed by atoms with E-state index >= 15 is 0 Å². The summed E-state index contributed by atoms with van der Waals surface area (Å²) >= 11 is 0. The van der Waals surface area contributed by atoms with Crippen LogP contribution in [0.3, 0.4) is 0 Å². The highest BCUT2D eigenvalue weighted by Crippen LogP contribution is 2.17. The lowest BCUT2D eigenvalue weighted by molar-refractivity contribution is 0.213. The summed E-state index contributed by atoms with van der Waals surface area (Å²) in [5, 5.41) is 12.0. The van der Waals surface area contributed by atoms with Gasteiger partial charge in [0, 0.05) is 43.9 Å². The van der Waals surface area contributed by atoms with Crippen molar-refractivity contribution in [2.75, 3.05) is 30.8 Å². The van der Waals surface area contributed by atoms with E-state index in [1.807, 2.05) is 48.5 Å². The second kappa shape index (κ2) is 22.3. The highest BCUT2D eigenvalue weighted by molar-refractivity contribution is 5.79. The zero-order valence-electron chi connectivity index (χ0n) is 37.8. The first kappa shape index (κ1) is 46.3. The third kappa shape index (κ3) is 13.6. The molecule has 2 aliphatic heterocycles. The minimum atomic E-state index is -0.186. The smallest absolute Gasteiger partial charge is 0.322 e. The van der Waals surface area contributed by atoms with Crippen molar-refractivity contribution < 1.29 is 14.3 Å². The molecule has 0 bridgehead atoms. The van der Waals surface area contributed by atoms with Crippen LogP contribution in [0.1, 0.15) is 62.2 Å². The number of rotatable bonds is 18. The van der Waals surface area contributed by atoms with Gasteiger partial charge in [0.25, 0.3) is 0 Å². The van der Waals surface area contributed by atoms with Gasteiger partial charge in [-0.05, 0) is 66.6 Å². The summed E-state index contributed by atoms with van der Waals surface area (Å²) in [4.78, 5) is 55.2. The van der Waals surface area contributed by atoms with E-state index in [2.05, 4.69) is 127 Å². The predicted octanol–water partition coefficient (Wildman–Crippen LogP) is 6.70. The molecule has 4 aromatic carbocycles. The molecular formula is C50H57N13O3. The minimum absolute atomic E-state index is 0.184. The molecule has 2 aliphatic rings. The number of benzene rings is 4. The van der Waals surface area contributed by atoms with Crippen molar-refractivity contribution in [1.29, 1.82) is 0 Å². The summed E-state index contributed by atoms with van der Waals surface area (Å²) in [6.45, 7) is 14.9. The fraction of sp³-hybridized carbons (Fsp3) is 0.280. The molecule has 4 heterocycles. The Morgan fingerprint density at radius 1 is 0.545 bits per heavy atom. The Bertz CT molecular complexity index is 2440. The van der Waals surface area contributed by atoms with Crippen molar-refractivity contribution in [3.8, 4) is 5.75 Å². The topological polar surface area (TPSA) is 201 Å². The number of nitrogens with one attached hydrogen (secondary N) is 4. The van der Waals surface area contributed by atoms with E-state index in [9.17, 15) is 9.59 Å². The summed E-state index contributed by atoms with van der Waals surface area (Å²) < 4.78 is 5.22. The Kier molecular flexibility index (Phi) is 15.6. The number of amides is 4. The number of hydrogen-bond acceptors (Lipinski definition) is 12. The van der Waals surface area contributed by atoms with Gasteiger partial charge in [-0.15, -0.1) is 0 Å². The number of aromatic nitrogens is 6. The molecule has 4 amide bonds. The van der Waals surface area contributed by atoms with Crippen molar-refractivity contribution in [3.63, 3.8) is 0 Å². The van der Waals surface area contributed by atoms with Crippen LogP contribution in [0.4, 0.5) is 21.5 Å². The Hall–Kier alpha value is -7.72. The van der Waals surface area contributed by atoms with E-state index in [0.29, 0.717) is 105 Å². The molecule has 16 nitrogen and oxygen atoms in total. The third-order valence-corrected chi connectivity index (χ3v) is 10.9. The SMILES string of the molecule is C=C1CN(Cc2nc(CCc3ccc(C)cc3)nc(NCc3ccc(CN)cc3)n2)C(=O)N1.C=C1CN(Cc2nc(CCc3ccc(C)cc3)nc(NCc3ccc(OC)cc3)n2)C(=O)N1. The molecule has 6 N–H and O–H groups in total. The van der Waals surface area contributed by atoms with Crippen LogP contribution in [0.2, 0.25) is 0 Å².